The molecule has 1 fully saturated rings. The monoisotopic (exact) mass is 373 g/mol. The van der Waals surface area contributed by atoms with Gasteiger partial charge in [0.15, 0.2) is 0 Å². The lowest BCUT2D eigenvalue weighted by Gasteiger charge is -2.31. The lowest BCUT2D eigenvalue weighted by atomic mass is 10.2. The third kappa shape index (κ3) is 2.97. The van der Waals surface area contributed by atoms with Crippen molar-refractivity contribution in [1.82, 2.24) is 23.9 Å². The number of sulfonamides is 1. The van der Waals surface area contributed by atoms with Crippen LogP contribution in [0.3, 0.4) is 0 Å². The topological polar surface area (TPSA) is 82.2 Å². The van der Waals surface area contributed by atoms with Crippen molar-refractivity contribution in [3.05, 3.63) is 28.8 Å². The zero-order chi connectivity index (χ0) is 17.5. The van der Waals surface area contributed by atoms with E-state index in [2.05, 4.69) is 10.2 Å². The molecule has 8 nitrogen and oxygen atoms in total. The summed E-state index contributed by atoms with van der Waals surface area (Å²) in [6.07, 6.45) is 3.25. The Bertz CT molecular complexity index is 845. The highest BCUT2D eigenvalue weighted by molar-refractivity contribution is 7.89. The Morgan fingerprint density at radius 1 is 1.46 bits per heavy atom. The van der Waals surface area contributed by atoms with Gasteiger partial charge in [0.25, 0.3) is 0 Å². The minimum atomic E-state index is -3.73. The summed E-state index contributed by atoms with van der Waals surface area (Å²) in [5.41, 5.74) is 1.26. The highest BCUT2D eigenvalue weighted by atomic mass is 35.5. The van der Waals surface area contributed by atoms with Crippen LogP contribution in [-0.4, -0.2) is 52.0 Å². The molecule has 3 heterocycles. The van der Waals surface area contributed by atoms with Crippen LogP contribution in [-0.2, 0) is 28.4 Å². The second-order valence-corrected chi connectivity index (χ2v) is 7.91. The highest BCUT2D eigenvalue weighted by Crippen LogP contribution is 2.31. The molecule has 0 saturated carbocycles. The number of nitrogens with zero attached hydrogens (tertiary/aromatic N) is 5. The number of halogens is 1. The predicted molar refractivity (Wildman–Crippen MR) is 88.3 cm³/mol. The number of ether oxygens (including phenoxy) is 1. The van der Waals surface area contributed by atoms with E-state index in [9.17, 15) is 8.42 Å². The fourth-order valence-corrected chi connectivity index (χ4v) is 4.93. The molecule has 1 aliphatic heterocycles. The first kappa shape index (κ1) is 17.4. The van der Waals surface area contributed by atoms with E-state index >= 15 is 0 Å². The molecule has 0 bridgehead atoms. The molecular weight excluding hydrogens is 354 g/mol. The van der Waals surface area contributed by atoms with Gasteiger partial charge in [-0.15, -0.1) is 0 Å². The van der Waals surface area contributed by atoms with Crippen LogP contribution in [0.25, 0.3) is 0 Å². The van der Waals surface area contributed by atoms with Crippen molar-refractivity contribution in [3.8, 4) is 0 Å². The van der Waals surface area contributed by atoms with Crippen LogP contribution in [0, 0.1) is 6.92 Å². The zero-order valence-electron chi connectivity index (χ0n) is 13.8. The molecule has 1 unspecified atom stereocenters. The number of rotatable bonds is 4. The van der Waals surface area contributed by atoms with Gasteiger partial charge in [-0.05, 0) is 13.8 Å². The lowest BCUT2D eigenvalue weighted by molar-refractivity contribution is -0.00261. The van der Waals surface area contributed by atoms with E-state index < -0.39 is 10.0 Å². The van der Waals surface area contributed by atoms with E-state index in [1.165, 1.54) is 8.99 Å². The van der Waals surface area contributed by atoms with Crippen molar-refractivity contribution in [2.24, 2.45) is 7.05 Å². The van der Waals surface area contributed by atoms with E-state index in [-0.39, 0.29) is 29.2 Å². The van der Waals surface area contributed by atoms with Crippen molar-refractivity contribution >= 4 is 21.6 Å². The first-order valence-electron chi connectivity index (χ1n) is 7.67. The van der Waals surface area contributed by atoms with Crippen LogP contribution in [0.2, 0.25) is 5.15 Å². The summed E-state index contributed by atoms with van der Waals surface area (Å²) in [5.74, 6) is 0. The maximum Gasteiger partial charge on any atom is 0.248 e. The quantitative estimate of drug-likeness (QED) is 0.808. The van der Waals surface area contributed by atoms with Gasteiger partial charge >= 0.3 is 0 Å². The summed E-state index contributed by atoms with van der Waals surface area (Å²) in [4.78, 5) is 0.0663. The van der Waals surface area contributed by atoms with E-state index in [1.807, 2.05) is 13.1 Å². The van der Waals surface area contributed by atoms with E-state index in [4.69, 9.17) is 16.3 Å². The average Bonchev–Trinajstić information content (AvgIpc) is 3.13. The first-order chi connectivity index (χ1) is 11.3. The molecule has 0 spiro atoms. The summed E-state index contributed by atoms with van der Waals surface area (Å²) in [7, 11) is -2.11. The van der Waals surface area contributed by atoms with Crippen LogP contribution in [0.15, 0.2) is 17.3 Å². The number of aryl methyl sites for hydroxylation is 3. The van der Waals surface area contributed by atoms with Gasteiger partial charge in [-0.2, -0.15) is 14.5 Å². The summed E-state index contributed by atoms with van der Waals surface area (Å²) in [5, 5.41) is 8.44. The summed E-state index contributed by atoms with van der Waals surface area (Å²) >= 11 is 6.14. The molecule has 10 heteroatoms. The van der Waals surface area contributed by atoms with E-state index in [0.29, 0.717) is 12.3 Å². The normalized spacial score (nSPS) is 19.8. The fraction of sp³-hybridized carbons (Fsp3) is 0.571. The first-order valence-corrected chi connectivity index (χ1v) is 9.49. The van der Waals surface area contributed by atoms with Gasteiger partial charge in [0.05, 0.1) is 24.6 Å². The Balaban J connectivity index is 1.88. The molecule has 24 heavy (non-hydrogen) atoms. The summed E-state index contributed by atoms with van der Waals surface area (Å²) in [6, 6.07) is 0. The predicted octanol–water partition coefficient (Wildman–Crippen LogP) is 1.36. The van der Waals surface area contributed by atoms with Crippen molar-refractivity contribution in [2.75, 3.05) is 19.7 Å². The van der Waals surface area contributed by atoms with Gasteiger partial charge in [0, 0.05) is 38.4 Å². The molecule has 3 rings (SSSR count). The number of morpholine rings is 1. The zero-order valence-corrected chi connectivity index (χ0v) is 15.4. The lowest BCUT2D eigenvalue weighted by Crippen LogP contribution is -2.42. The second-order valence-electron chi connectivity index (χ2n) is 5.68. The molecule has 0 N–H and O–H groups in total. The van der Waals surface area contributed by atoms with E-state index in [1.54, 1.807) is 24.9 Å². The fourth-order valence-electron chi connectivity index (χ4n) is 2.80. The van der Waals surface area contributed by atoms with Crippen molar-refractivity contribution in [2.45, 2.75) is 31.4 Å². The summed E-state index contributed by atoms with van der Waals surface area (Å²) < 4.78 is 36.3. The molecule has 0 aliphatic carbocycles. The van der Waals surface area contributed by atoms with Crippen LogP contribution in [0.5, 0.6) is 0 Å². The van der Waals surface area contributed by atoms with Crippen molar-refractivity contribution in [1.29, 1.82) is 0 Å². The molecule has 132 valence electrons. The second kappa shape index (κ2) is 6.47. The van der Waals surface area contributed by atoms with Gasteiger partial charge < -0.3 is 4.74 Å². The van der Waals surface area contributed by atoms with Crippen LogP contribution in [0.4, 0.5) is 0 Å². The van der Waals surface area contributed by atoms with Crippen molar-refractivity contribution in [3.63, 3.8) is 0 Å². The van der Waals surface area contributed by atoms with Crippen LogP contribution in [0.1, 0.15) is 24.3 Å². The Morgan fingerprint density at radius 3 is 2.79 bits per heavy atom. The van der Waals surface area contributed by atoms with Crippen LogP contribution < -0.4 is 0 Å². The minimum absolute atomic E-state index is 0.0663. The Hall–Kier alpha value is -1.42. The maximum atomic E-state index is 13.0. The highest BCUT2D eigenvalue weighted by Gasteiger charge is 2.35. The number of hydrogen-bond acceptors (Lipinski definition) is 5. The minimum Gasteiger partial charge on any atom is -0.371 e. The van der Waals surface area contributed by atoms with Crippen molar-refractivity contribution < 1.29 is 13.2 Å². The largest absolute Gasteiger partial charge is 0.371 e. The van der Waals surface area contributed by atoms with Gasteiger partial charge in [0.2, 0.25) is 10.0 Å². The molecule has 1 atom stereocenters. The molecular formula is C14H20ClN5O3S. The Morgan fingerprint density at radius 2 is 2.21 bits per heavy atom. The van der Waals surface area contributed by atoms with Gasteiger partial charge in [-0.1, -0.05) is 11.6 Å². The molecule has 0 radical (unpaired) electrons. The molecule has 0 amide bonds. The average molecular weight is 374 g/mol. The third-order valence-corrected chi connectivity index (χ3v) is 6.64. The number of hydrogen-bond donors (Lipinski definition) is 0. The molecule has 1 saturated heterocycles. The third-order valence-electron chi connectivity index (χ3n) is 4.08. The molecule has 2 aromatic heterocycles. The molecule has 2 aromatic rings. The van der Waals surface area contributed by atoms with Crippen LogP contribution >= 0.6 is 11.6 Å². The van der Waals surface area contributed by atoms with Gasteiger partial charge in [0.1, 0.15) is 10.0 Å². The Labute approximate surface area is 146 Å². The molecule has 0 aromatic carbocycles. The summed E-state index contributed by atoms with van der Waals surface area (Å²) in [6.45, 7) is 5.20. The van der Waals surface area contributed by atoms with E-state index in [0.717, 1.165) is 12.1 Å². The standard InChI is InChI=1S/C14H20ClN5O3S/c1-4-19-8-11(7-16-19)12-9-20(5-6-23-12)24(21,22)13-10(2)17-18(3)14(13)15/h7-8,12H,4-6,9H2,1-3H3. The number of aromatic nitrogens is 4. The maximum absolute atomic E-state index is 13.0. The Kier molecular flexibility index (Phi) is 4.69. The smallest absolute Gasteiger partial charge is 0.248 e. The SMILES string of the molecule is CCn1cc(C2CN(S(=O)(=O)c3c(C)nn(C)c3Cl)CCO2)cn1. The molecule has 1 aliphatic rings. The van der Waals surface area contributed by atoms with Gasteiger partial charge in [-0.25, -0.2) is 8.42 Å². The van der Waals surface area contributed by atoms with Gasteiger partial charge in [-0.3, -0.25) is 9.36 Å².